The molecule has 0 spiro atoms. The summed E-state index contributed by atoms with van der Waals surface area (Å²) in [4.78, 5) is 16.4. The third-order valence-corrected chi connectivity index (χ3v) is 3.95. The van der Waals surface area contributed by atoms with Crippen LogP contribution in [0.2, 0.25) is 5.02 Å². The fourth-order valence-corrected chi connectivity index (χ4v) is 2.54. The van der Waals surface area contributed by atoms with Crippen molar-refractivity contribution in [1.82, 2.24) is 10.3 Å². The summed E-state index contributed by atoms with van der Waals surface area (Å²) in [6.45, 7) is 0.504. The van der Waals surface area contributed by atoms with Crippen molar-refractivity contribution >= 4 is 17.5 Å². The highest BCUT2D eigenvalue weighted by molar-refractivity contribution is 6.31. The van der Waals surface area contributed by atoms with Crippen LogP contribution in [-0.4, -0.2) is 17.4 Å². The maximum absolute atomic E-state index is 12.0. The van der Waals surface area contributed by atoms with Gasteiger partial charge >= 0.3 is 0 Å². The van der Waals surface area contributed by atoms with E-state index in [1.54, 1.807) is 12.3 Å². The Kier molecular flexibility index (Phi) is 5.29. The standard InChI is InChI=1S/C19H17ClN2O2/c20-17-9-5-4-8-15(17)12-18(23)21-11-10-16-13-24-19(22-16)14-6-2-1-3-7-14/h1-9,13H,10-12H2,(H,21,23). The Hall–Kier alpha value is -2.59. The van der Waals surface area contributed by atoms with E-state index in [1.807, 2.05) is 48.5 Å². The molecule has 122 valence electrons. The predicted molar refractivity (Wildman–Crippen MR) is 93.8 cm³/mol. The zero-order valence-electron chi connectivity index (χ0n) is 13.0. The van der Waals surface area contributed by atoms with Crippen LogP contribution in [0.1, 0.15) is 11.3 Å². The molecule has 1 heterocycles. The van der Waals surface area contributed by atoms with Crippen molar-refractivity contribution in [3.8, 4) is 11.5 Å². The molecule has 5 heteroatoms. The van der Waals surface area contributed by atoms with Crippen LogP contribution in [0, 0.1) is 0 Å². The summed E-state index contributed by atoms with van der Waals surface area (Å²) in [6.07, 6.45) is 2.51. The quantitative estimate of drug-likeness (QED) is 0.740. The van der Waals surface area contributed by atoms with Gasteiger partial charge in [-0.15, -0.1) is 0 Å². The van der Waals surface area contributed by atoms with Gasteiger partial charge in [-0.1, -0.05) is 48.0 Å². The van der Waals surface area contributed by atoms with Gasteiger partial charge in [-0.3, -0.25) is 4.79 Å². The van der Waals surface area contributed by atoms with Crippen molar-refractivity contribution in [3.63, 3.8) is 0 Å². The zero-order chi connectivity index (χ0) is 16.8. The van der Waals surface area contributed by atoms with Crippen LogP contribution in [0.3, 0.4) is 0 Å². The van der Waals surface area contributed by atoms with E-state index in [9.17, 15) is 4.79 Å². The summed E-state index contributed by atoms with van der Waals surface area (Å²) < 4.78 is 5.48. The van der Waals surface area contributed by atoms with Gasteiger partial charge in [0, 0.05) is 23.6 Å². The van der Waals surface area contributed by atoms with Crippen molar-refractivity contribution in [1.29, 1.82) is 0 Å². The average Bonchev–Trinajstić information content (AvgIpc) is 3.07. The Morgan fingerprint density at radius 2 is 1.83 bits per heavy atom. The molecule has 0 atom stereocenters. The summed E-state index contributed by atoms with van der Waals surface area (Å²) in [7, 11) is 0. The number of carbonyl (C=O) groups excluding carboxylic acids is 1. The summed E-state index contributed by atoms with van der Waals surface area (Å²) >= 11 is 6.06. The van der Waals surface area contributed by atoms with Crippen molar-refractivity contribution in [2.75, 3.05) is 6.54 Å². The Bertz CT molecular complexity index is 815. The van der Waals surface area contributed by atoms with Crippen LogP contribution in [0.25, 0.3) is 11.5 Å². The smallest absolute Gasteiger partial charge is 0.226 e. The first-order valence-corrected chi connectivity index (χ1v) is 8.10. The van der Waals surface area contributed by atoms with E-state index in [4.69, 9.17) is 16.0 Å². The second-order valence-corrected chi connectivity index (χ2v) is 5.79. The molecule has 0 aliphatic heterocycles. The zero-order valence-corrected chi connectivity index (χ0v) is 13.8. The maximum Gasteiger partial charge on any atom is 0.226 e. The van der Waals surface area contributed by atoms with Gasteiger partial charge in [-0.25, -0.2) is 4.98 Å². The van der Waals surface area contributed by atoms with Crippen molar-refractivity contribution in [3.05, 3.63) is 77.1 Å². The minimum atomic E-state index is -0.0603. The average molecular weight is 341 g/mol. The van der Waals surface area contributed by atoms with Gasteiger partial charge in [-0.2, -0.15) is 0 Å². The fraction of sp³-hybridized carbons (Fsp3) is 0.158. The fourth-order valence-electron chi connectivity index (χ4n) is 2.34. The first-order valence-electron chi connectivity index (χ1n) is 7.72. The highest BCUT2D eigenvalue weighted by Crippen LogP contribution is 2.18. The SMILES string of the molecule is O=C(Cc1ccccc1Cl)NCCc1coc(-c2ccccc2)n1. The van der Waals surface area contributed by atoms with E-state index in [2.05, 4.69) is 10.3 Å². The van der Waals surface area contributed by atoms with Gasteiger partial charge in [0.25, 0.3) is 0 Å². The molecule has 3 aromatic rings. The molecule has 2 aromatic carbocycles. The number of oxazole rings is 1. The van der Waals surface area contributed by atoms with Gasteiger partial charge in [0.05, 0.1) is 12.1 Å². The number of hydrogen-bond donors (Lipinski definition) is 1. The number of carbonyl (C=O) groups is 1. The molecule has 1 N–H and O–H groups in total. The second-order valence-electron chi connectivity index (χ2n) is 5.38. The van der Waals surface area contributed by atoms with E-state index < -0.39 is 0 Å². The summed E-state index contributed by atoms with van der Waals surface area (Å²) in [5.41, 5.74) is 2.57. The van der Waals surface area contributed by atoms with Gasteiger partial charge < -0.3 is 9.73 Å². The topological polar surface area (TPSA) is 55.1 Å². The normalized spacial score (nSPS) is 10.5. The molecule has 0 unspecified atom stereocenters. The monoisotopic (exact) mass is 340 g/mol. The highest BCUT2D eigenvalue weighted by Gasteiger charge is 2.08. The summed E-state index contributed by atoms with van der Waals surface area (Å²) in [5.74, 6) is 0.530. The van der Waals surface area contributed by atoms with Crippen LogP contribution in [0.15, 0.2) is 65.3 Å². The number of amides is 1. The van der Waals surface area contributed by atoms with E-state index in [1.165, 1.54) is 0 Å². The molecule has 0 saturated heterocycles. The van der Waals surface area contributed by atoms with Crippen LogP contribution < -0.4 is 5.32 Å². The van der Waals surface area contributed by atoms with Crippen molar-refractivity contribution in [2.45, 2.75) is 12.8 Å². The Morgan fingerprint density at radius 3 is 2.62 bits per heavy atom. The van der Waals surface area contributed by atoms with E-state index in [-0.39, 0.29) is 12.3 Å². The van der Waals surface area contributed by atoms with E-state index in [0.717, 1.165) is 16.8 Å². The van der Waals surface area contributed by atoms with Crippen molar-refractivity contribution < 1.29 is 9.21 Å². The number of halogens is 1. The van der Waals surface area contributed by atoms with Crippen LogP contribution >= 0.6 is 11.6 Å². The Morgan fingerprint density at radius 1 is 1.08 bits per heavy atom. The molecule has 3 rings (SSSR count). The molecular weight excluding hydrogens is 324 g/mol. The summed E-state index contributed by atoms with van der Waals surface area (Å²) in [6, 6.07) is 17.1. The molecule has 1 aromatic heterocycles. The molecule has 0 aliphatic rings. The van der Waals surface area contributed by atoms with Crippen LogP contribution in [0.5, 0.6) is 0 Å². The lowest BCUT2D eigenvalue weighted by atomic mass is 10.1. The lowest BCUT2D eigenvalue weighted by Crippen LogP contribution is -2.27. The largest absolute Gasteiger partial charge is 0.444 e. The molecule has 0 bridgehead atoms. The first-order chi connectivity index (χ1) is 11.7. The van der Waals surface area contributed by atoms with Gasteiger partial charge in [0.2, 0.25) is 11.8 Å². The molecule has 4 nitrogen and oxygen atoms in total. The van der Waals surface area contributed by atoms with Crippen LogP contribution in [0.4, 0.5) is 0 Å². The number of hydrogen-bond acceptors (Lipinski definition) is 3. The number of rotatable bonds is 6. The number of nitrogens with one attached hydrogen (secondary N) is 1. The molecule has 24 heavy (non-hydrogen) atoms. The second kappa shape index (κ2) is 7.79. The molecular formula is C19H17ClN2O2. The van der Waals surface area contributed by atoms with E-state index in [0.29, 0.717) is 23.9 Å². The van der Waals surface area contributed by atoms with Gasteiger partial charge in [0.15, 0.2) is 0 Å². The third-order valence-electron chi connectivity index (χ3n) is 3.58. The minimum absolute atomic E-state index is 0.0603. The van der Waals surface area contributed by atoms with E-state index >= 15 is 0 Å². The molecule has 1 amide bonds. The number of benzene rings is 2. The maximum atomic E-state index is 12.0. The Balaban J connectivity index is 1.49. The van der Waals surface area contributed by atoms with Crippen LogP contribution in [-0.2, 0) is 17.6 Å². The summed E-state index contributed by atoms with van der Waals surface area (Å²) in [5, 5.41) is 3.48. The lowest BCUT2D eigenvalue weighted by Gasteiger charge is -2.05. The molecule has 0 saturated carbocycles. The van der Waals surface area contributed by atoms with Crippen molar-refractivity contribution in [2.24, 2.45) is 0 Å². The predicted octanol–water partition coefficient (Wildman–Crippen LogP) is 3.90. The Labute approximate surface area is 145 Å². The lowest BCUT2D eigenvalue weighted by molar-refractivity contribution is -0.120. The molecule has 0 radical (unpaired) electrons. The van der Waals surface area contributed by atoms with Gasteiger partial charge in [0.1, 0.15) is 6.26 Å². The number of nitrogens with zero attached hydrogens (tertiary/aromatic N) is 1. The molecule has 0 fully saturated rings. The number of aromatic nitrogens is 1. The molecule has 0 aliphatic carbocycles. The first kappa shape index (κ1) is 16.3. The third kappa shape index (κ3) is 4.24. The highest BCUT2D eigenvalue weighted by atomic mass is 35.5. The minimum Gasteiger partial charge on any atom is -0.444 e. The van der Waals surface area contributed by atoms with Gasteiger partial charge in [-0.05, 0) is 23.8 Å².